The Morgan fingerprint density at radius 2 is 1.80 bits per heavy atom. The van der Waals surface area contributed by atoms with Crippen LogP contribution in [0.3, 0.4) is 0 Å². The maximum atomic E-state index is 12.9. The number of thioether (sulfide) groups is 1. The molecule has 1 saturated heterocycles. The number of para-hydroxylation sites is 1. The number of rotatable bonds is 5. The van der Waals surface area contributed by atoms with Gasteiger partial charge >= 0.3 is 0 Å². The molecule has 1 fully saturated rings. The number of hydrogen-bond acceptors (Lipinski definition) is 5. The molecular formula is C23H22N4OS2. The van der Waals surface area contributed by atoms with Crippen LogP contribution in [0.2, 0.25) is 0 Å². The van der Waals surface area contributed by atoms with E-state index in [0.29, 0.717) is 33.3 Å². The van der Waals surface area contributed by atoms with E-state index < -0.39 is 0 Å². The minimum atomic E-state index is -0.0711. The quantitative estimate of drug-likeness (QED) is 0.413. The van der Waals surface area contributed by atoms with Crippen molar-refractivity contribution in [1.29, 1.82) is 0 Å². The average Bonchev–Trinajstić information content (AvgIpc) is 3.26. The highest BCUT2D eigenvalue weighted by Crippen LogP contribution is 2.33. The van der Waals surface area contributed by atoms with E-state index in [1.165, 1.54) is 17.3 Å². The van der Waals surface area contributed by atoms with Gasteiger partial charge in [0, 0.05) is 18.2 Å². The predicted molar refractivity (Wildman–Crippen MR) is 126 cm³/mol. The number of benzene rings is 2. The van der Waals surface area contributed by atoms with Crippen molar-refractivity contribution in [3.63, 3.8) is 0 Å². The number of nitrogens with zero attached hydrogens (tertiary/aromatic N) is 4. The number of amides is 1. The molecule has 0 bridgehead atoms. The number of hydrogen-bond donors (Lipinski definition) is 0. The minimum absolute atomic E-state index is 0.0711. The van der Waals surface area contributed by atoms with E-state index >= 15 is 0 Å². The Kier molecular flexibility index (Phi) is 5.83. The third-order valence-corrected chi connectivity index (χ3v) is 6.00. The van der Waals surface area contributed by atoms with Crippen molar-refractivity contribution < 1.29 is 4.79 Å². The molecule has 0 spiro atoms. The third-order valence-electron chi connectivity index (χ3n) is 4.62. The molecule has 0 atom stereocenters. The molecule has 0 unspecified atom stereocenters. The van der Waals surface area contributed by atoms with Gasteiger partial charge in [0.1, 0.15) is 4.32 Å². The van der Waals surface area contributed by atoms with Gasteiger partial charge in [0.2, 0.25) is 0 Å². The van der Waals surface area contributed by atoms with Crippen molar-refractivity contribution in [2.75, 3.05) is 6.54 Å². The van der Waals surface area contributed by atoms with Gasteiger partial charge in [-0.2, -0.15) is 0 Å². The van der Waals surface area contributed by atoms with Crippen LogP contribution >= 0.6 is 24.0 Å². The molecule has 152 valence electrons. The molecule has 7 heteroatoms. The Hall–Kier alpha value is -2.77. The number of aromatic nitrogens is 3. The van der Waals surface area contributed by atoms with Gasteiger partial charge in [-0.05, 0) is 25.0 Å². The average molecular weight is 435 g/mol. The fourth-order valence-electron chi connectivity index (χ4n) is 3.14. The zero-order valence-electron chi connectivity index (χ0n) is 17.1. The highest BCUT2D eigenvalue weighted by atomic mass is 32.2. The standard InChI is InChI=1S/C23H22N4OS2/c1-15(2)14-26-22(28)19(30-23(26)29)13-20-24-21(17-11-9-16(3)10-12-17)25-27(20)18-7-5-4-6-8-18/h4-13,15H,14H2,1-3H3/b19-13+. The van der Waals surface area contributed by atoms with Crippen LogP contribution in [-0.2, 0) is 4.79 Å². The van der Waals surface area contributed by atoms with Crippen molar-refractivity contribution in [3.8, 4) is 17.1 Å². The van der Waals surface area contributed by atoms with E-state index in [9.17, 15) is 4.79 Å². The van der Waals surface area contributed by atoms with Gasteiger partial charge in [0.05, 0.1) is 10.6 Å². The van der Waals surface area contributed by atoms with Crippen molar-refractivity contribution in [2.24, 2.45) is 5.92 Å². The zero-order chi connectivity index (χ0) is 21.3. The predicted octanol–water partition coefficient (Wildman–Crippen LogP) is 5.10. The second-order valence-corrected chi connectivity index (χ2v) is 9.27. The molecule has 4 rings (SSSR count). The molecule has 2 heterocycles. The Morgan fingerprint density at radius 1 is 1.10 bits per heavy atom. The van der Waals surface area contributed by atoms with E-state index in [2.05, 4.69) is 13.8 Å². The van der Waals surface area contributed by atoms with E-state index in [0.717, 1.165) is 11.3 Å². The molecule has 1 aliphatic rings. The molecule has 2 aromatic carbocycles. The van der Waals surface area contributed by atoms with Crippen molar-refractivity contribution in [1.82, 2.24) is 19.7 Å². The lowest BCUT2D eigenvalue weighted by Crippen LogP contribution is -2.31. The largest absolute Gasteiger partial charge is 0.293 e. The lowest BCUT2D eigenvalue weighted by molar-refractivity contribution is -0.122. The van der Waals surface area contributed by atoms with Crippen LogP contribution in [0.5, 0.6) is 0 Å². The van der Waals surface area contributed by atoms with Crippen LogP contribution in [0.1, 0.15) is 25.2 Å². The monoisotopic (exact) mass is 434 g/mol. The van der Waals surface area contributed by atoms with Crippen molar-refractivity contribution in [3.05, 3.63) is 70.9 Å². The molecule has 1 amide bonds. The fraction of sp³-hybridized carbons (Fsp3) is 0.217. The summed E-state index contributed by atoms with van der Waals surface area (Å²) in [6, 6.07) is 17.9. The maximum absolute atomic E-state index is 12.9. The topological polar surface area (TPSA) is 51.0 Å². The smallest absolute Gasteiger partial charge is 0.266 e. The molecule has 0 radical (unpaired) electrons. The molecule has 0 saturated carbocycles. The number of carbonyl (C=O) groups excluding carboxylic acids is 1. The summed E-state index contributed by atoms with van der Waals surface area (Å²) in [5, 5.41) is 4.73. The fourth-order valence-corrected chi connectivity index (χ4v) is 4.39. The van der Waals surface area contributed by atoms with E-state index in [-0.39, 0.29) is 5.91 Å². The number of carbonyl (C=O) groups is 1. The van der Waals surface area contributed by atoms with Gasteiger partial charge in [-0.3, -0.25) is 9.69 Å². The van der Waals surface area contributed by atoms with Gasteiger partial charge in [-0.15, -0.1) is 5.10 Å². The Balaban J connectivity index is 1.77. The van der Waals surface area contributed by atoms with Crippen molar-refractivity contribution >= 4 is 40.3 Å². The van der Waals surface area contributed by atoms with Gasteiger partial charge in [-0.1, -0.05) is 85.9 Å². The van der Waals surface area contributed by atoms with Gasteiger partial charge in [0.15, 0.2) is 11.6 Å². The number of aryl methyl sites for hydroxylation is 1. The summed E-state index contributed by atoms with van der Waals surface area (Å²) in [5.41, 5.74) is 2.99. The van der Waals surface area contributed by atoms with Crippen LogP contribution < -0.4 is 0 Å². The summed E-state index contributed by atoms with van der Waals surface area (Å²) in [6.07, 6.45) is 1.79. The van der Waals surface area contributed by atoms with E-state index in [4.69, 9.17) is 22.3 Å². The summed E-state index contributed by atoms with van der Waals surface area (Å²) in [7, 11) is 0. The zero-order valence-corrected chi connectivity index (χ0v) is 18.7. The summed E-state index contributed by atoms with van der Waals surface area (Å²) in [6.45, 7) is 6.80. The Labute approximate surface area is 185 Å². The molecule has 1 aromatic heterocycles. The lowest BCUT2D eigenvalue weighted by atomic mass is 10.1. The molecule has 3 aromatic rings. The van der Waals surface area contributed by atoms with E-state index in [1.54, 1.807) is 15.7 Å². The summed E-state index contributed by atoms with van der Waals surface area (Å²) in [4.78, 5) is 19.9. The maximum Gasteiger partial charge on any atom is 0.266 e. The molecule has 0 aliphatic carbocycles. The highest BCUT2D eigenvalue weighted by Gasteiger charge is 2.32. The summed E-state index contributed by atoms with van der Waals surface area (Å²) >= 11 is 6.75. The molecular weight excluding hydrogens is 412 g/mol. The van der Waals surface area contributed by atoms with Crippen LogP contribution in [0, 0.1) is 12.8 Å². The molecule has 30 heavy (non-hydrogen) atoms. The minimum Gasteiger partial charge on any atom is -0.293 e. The van der Waals surface area contributed by atoms with Gasteiger partial charge in [0.25, 0.3) is 5.91 Å². The molecule has 5 nitrogen and oxygen atoms in total. The second-order valence-electron chi connectivity index (χ2n) is 7.59. The number of thiocarbonyl (C=S) groups is 1. The first-order valence-electron chi connectivity index (χ1n) is 9.77. The van der Waals surface area contributed by atoms with Gasteiger partial charge < -0.3 is 0 Å². The van der Waals surface area contributed by atoms with Crippen LogP contribution in [0.25, 0.3) is 23.2 Å². The SMILES string of the molecule is Cc1ccc(-c2nc(/C=C3/SC(=S)N(CC(C)C)C3=O)n(-c3ccccc3)n2)cc1. The van der Waals surface area contributed by atoms with Gasteiger partial charge in [-0.25, -0.2) is 9.67 Å². The summed E-state index contributed by atoms with van der Waals surface area (Å²) in [5.74, 6) is 1.48. The van der Waals surface area contributed by atoms with Crippen molar-refractivity contribution in [2.45, 2.75) is 20.8 Å². The lowest BCUT2D eigenvalue weighted by Gasteiger charge is -2.16. The van der Waals surface area contributed by atoms with Crippen LogP contribution in [0.15, 0.2) is 59.5 Å². The normalized spacial score (nSPS) is 15.6. The van der Waals surface area contributed by atoms with Crippen LogP contribution in [0.4, 0.5) is 0 Å². The Bertz CT molecular complexity index is 1120. The Morgan fingerprint density at radius 3 is 2.47 bits per heavy atom. The molecule has 1 aliphatic heterocycles. The van der Waals surface area contributed by atoms with E-state index in [1.807, 2.05) is 61.5 Å². The molecule has 0 N–H and O–H groups in total. The first-order chi connectivity index (χ1) is 14.4. The summed E-state index contributed by atoms with van der Waals surface area (Å²) < 4.78 is 2.36. The second kappa shape index (κ2) is 8.53. The third kappa shape index (κ3) is 4.22. The highest BCUT2D eigenvalue weighted by molar-refractivity contribution is 8.26. The first-order valence-corrected chi connectivity index (χ1v) is 11.0. The van der Waals surface area contributed by atoms with Crippen LogP contribution in [-0.4, -0.2) is 36.4 Å². The first kappa shape index (κ1) is 20.5.